The number of rotatable bonds is 6. The van der Waals surface area contributed by atoms with Gasteiger partial charge in [0.25, 0.3) is 5.56 Å². The van der Waals surface area contributed by atoms with Crippen LogP contribution in [0.25, 0.3) is 22.0 Å². The fourth-order valence-electron chi connectivity index (χ4n) is 4.01. The van der Waals surface area contributed by atoms with E-state index in [4.69, 9.17) is 27.9 Å². The number of halogens is 2. The zero-order chi connectivity index (χ0) is 22.0. The van der Waals surface area contributed by atoms with E-state index in [0.29, 0.717) is 27.2 Å². The lowest BCUT2D eigenvalue weighted by atomic mass is 10.1. The molecule has 4 rings (SSSR count). The predicted octanol–water partition coefficient (Wildman–Crippen LogP) is 4.43. The minimum absolute atomic E-state index is 0.152. The highest BCUT2D eigenvalue weighted by molar-refractivity contribution is 6.39. The smallest absolute Gasteiger partial charge is 0.258 e. The summed E-state index contributed by atoms with van der Waals surface area (Å²) in [6, 6.07) is 9.42. The Morgan fingerprint density at radius 1 is 1.19 bits per heavy atom. The number of nitrogens with zero attached hydrogens (tertiary/aromatic N) is 3. The molecule has 0 saturated carbocycles. The fourth-order valence-corrected chi connectivity index (χ4v) is 4.61. The number of pyridine rings is 2. The van der Waals surface area contributed by atoms with Gasteiger partial charge < -0.3 is 14.6 Å². The monoisotopic (exact) mass is 460 g/mol. The molecule has 0 aliphatic carbocycles. The molecule has 0 spiro atoms. The molecule has 3 aromatic rings. The Kier molecular flexibility index (Phi) is 6.82. The highest BCUT2D eigenvalue weighted by Gasteiger charge is 2.17. The summed E-state index contributed by atoms with van der Waals surface area (Å²) in [5, 5.41) is 5.14. The Morgan fingerprint density at radius 2 is 1.90 bits per heavy atom. The van der Waals surface area contributed by atoms with Crippen molar-refractivity contribution in [3.63, 3.8) is 0 Å². The van der Waals surface area contributed by atoms with Crippen molar-refractivity contribution in [2.75, 3.05) is 38.2 Å². The van der Waals surface area contributed by atoms with E-state index in [2.05, 4.69) is 22.1 Å². The van der Waals surface area contributed by atoms with Crippen LogP contribution in [0.4, 0.5) is 5.82 Å². The number of aryl methyl sites for hydroxylation is 1. The number of aromatic nitrogens is 2. The maximum atomic E-state index is 13.1. The van der Waals surface area contributed by atoms with Crippen molar-refractivity contribution >= 4 is 39.9 Å². The molecule has 31 heavy (non-hydrogen) atoms. The lowest BCUT2D eigenvalue weighted by Crippen LogP contribution is -2.42. The first-order valence-corrected chi connectivity index (χ1v) is 11.2. The van der Waals surface area contributed by atoms with Gasteiger partial charge in [-0.05, 0) is 31.5 Å². The molecular formula is C23H26Cl2N4O2. The average Bonchev–Trinajstić information content (AvgIpc) is 2.77. The molecule has 164 valence electrons. The van der Waals surface area contributed by atoms with E-state index in [1.54, 1.807) is 36.0 Å². The van der Waals surface area contributed by atoms with Crippen LogP contribution < -0.4 is 10.9 Å². The average molecular weight is 461 g/mol. The van der Waals surface area contributed by atoms with Crippen molar-refractivity contribution in [2.45, 2.75) is 19.4 Å². The lowest BCUT2D eigenvalue weighted by molar-refractivity contribution is 0.0193. The molecule has 8 heteroatoms. The second-order valence-electron chi connectivity index (χ2n) is 7.86. The van der Waals surface area contributed by atoms with Crippen molar-refractivity contribution in [3.05, 3.63) is 56.9 Å². The Morgan fingerprint density at radius 3 is 2.61 bits per heavy atom. The number of hydrogen-bond donors (Lipinski definition) is 1. The zero-order valence-corrected chi connectivity index (χ0v) is 19.2. The molecule has 1 fully saturated rings. The number of benzene rings is 1. The normalized spacial score (nSPS) is 15.9. The standard InChI is InChI=1S/C23H26Cl2N4O2/c1-15(29-8-10-31-11-9-29)6-7-26-21-13-20-16(14-27-21)12-17(23(30)28(20)2)22-18(24)4-3-5-19(22)25/h3-5,12-15H,6-11H2,1-2H3,(H,26,27). The second kappa shape index (κ2) is 9.57. The molecule has 1 aliphatic heterocycles. The van der Waals surface area contributed by atoms with Crippen LogP contribution in [0.15, 0.2) is 41.3 Å². The van der Waals surface area contributed by atoms with Crippen LogP contribution in [-0.2, 0) is 11.8 Å². The third-order valence-corrected chi connectivity index (χ3v) is 6.51. The van der Waals surface area contributed by atoms with Gasteiger partial charge in [-0.1, -0.05) is 29.3 Å². The molecule has 6 nitrogen and oxygen atoms in total. The van der Waals surface area contributed by atoms with Crippen LogP contribution in [-0.4, -0.2) is 53.3 Å². The van der Waals surface area contributed by atoms with E-state index in [9.17, 15) is 4.79 Å². The summed E-state index contributed by atoms with van der Waals surface area (Å²) in [6.07, 6.45) is 2.78. The van der Waals surface area contributed by atoms with Crippen LogP contribution in [0, 0.1) is 0 Å². The van der Waals surface area contributed by atoms with Crippen LogP contribution in [0.3, 0.4) is 0 Å². The molecule has 1 atom stereocenters. The summed E-state index contributed by atoms with van der Waals surface area (Å²) in [5.74, 6) is 0.750. The molecule has 1 N–H and O–H groups in total. The van der Waals surface area contributed by atoms with Gasteiger partial charge in [-0.2, -0.15) is 0 Å². The maximum absolute atomic E-state index is 13.1. The largest absolute Gasteiger partial charge is 0.379 e. The maximum Gasteiger partial charge on any atom is 0.258 e. The SMILES string of the molecule is CC(CCNc1cc2c(cn1)cc(-c1c(Cl)cccc1Cl)c(=O)n2C)N1CCOCC1. The number of nitrogens with one attached hydrogen (secondary N) is 1. The van der Waals surface area contributed by atoms with Gasteiger partial charge in [-0.15, -0.1) is 0 Å². The van der Waals surface area contributed by atoms with Crippen LogP contribution in [0.1, 0.15) is 13.3 Å². The van der Waals surface area contributed by atoms with Crippen molar-refractivity contribution < 1.29 is 4.74 Å². The summed E-state index contributed by atoms with van der Waals surface area (Å²) in [7, 11) is 1.75. The Labute approximate surface area is 191 Å². The van der Waals surface area contributed by atoms with Gasteiger partial charge >= 0.3 is 0 Å². The molecule has 0 radical (unpaired) electrons. The molecule has 3 heterocycles. The van der Waals surface area contributed by atoms with Crippen molar-refractivity contribution in [3.8, 4) is 11.1 Å². The third kappa shape index (κ3) is 4.72. The summed E-state index contributed by atoms with van der Waals surface area (Å²) in [5.41, 5.74) is 1.66. The van der Waals surface area contributed by atoms with Crippen molar-refractivity contribution in [2.24, 2.45) is 7.05 Å². The van der Waals surface area contributed by atoms with Gasteiger partial charge in [0.1, 0.15) is 5.82 Å². The van der Waals surface area contributed by atoms with E-state index in [1.807, 2.05) is 12.1 Å². The number of hydrogen-bond acceptors (Lipinski definition) is 5. The van der Waals surface area contributed by atoms with Gasteiger partial charge in [0.15, 0.2) is 0 Å². The van der Waals surface area contributed by atoms with Gasteiger partial charge in [-0.3, -0.25) is 9.69 Å². The van der Waals surface area contributed by atoms with E-state index < -0.39 is 0 Å². The predicted molar refractivity (Wildman–Crippen MR) is 127 cm³/mol. The van der Waals surface area contributed by atoms with Crippen LogP contribution >= 0.6 is 23.2 Å². The molecule has 1 unspecified atom stereocenters. The quantitative estimate of drug-likeness (QED) is 0.589. The number of fused-ring (bicyclic) bond motifs is 1. The number of morpholine rings is 1. The number of ether oxygens (including phenoxy) is 1. The molecule has 1 aliphatic rings. The van der Waals surface area contributed by atoms with Gasteiger partial charge in [0, 0.05) is 55.9 Å². The fraction of sp³-hybridized carbons (Fsp3) is 0.391. The van der Waals surface area contributed by atoms with E-state index in [1.165, 1.54) is 0 Å². The zero-order valence-electron chi connectivity index (χ0n) is 17.7. The lowest BCUT2D eigenvalue weighted by Gasteiger charge is -2.32. The summed E-state index contributed by atoms with van der Waals surface area (Å²) < 4.78 is 7.04. The number of anilines is 1. The van der Waals surface area contributed by atoms with Gasteiger partial charge in [0.05, 0.1) is 34.3 Å². The molecule has 2 aromatic heterocycles. The molecule has 0 amide bonds. The summed E-state index contributed by atoms with van der Waals surface area (Å²) >= 11 is 12.7. The van der Waals surface area contributed by atoms with Gasteiger partial charge in [0.2, 0.25) is 0 Å². The summed E-state index contributed by atoms with van der Waals surface area (Å²) in [6.45, 7) is 6.62. The molecule has 1 aromatic carbocycles. The second-order valence-corrected chi connectivity index (χ2v) is 8.67. The van der Waals surface area contributed by atoms with Crippen molar-refractivity contribution in [1.29, 1.82) is 0 Å². The highest BCUT2D eigenvalue weighted by atomic mass is 35.5. The minimum Gasteiger partial charge on any atom is -0.379 e. The van der Waals surface area contributed by atoms with Gasteiger partial charge in [-0.25, -0.2) is 4.98 Å². The highest BCUT2D eigenvalue weighted by Crippen LogP contribution is 2.34. The Balaban J connectivity index is 1.54. The first kappa shape index (κ1) is 22.1. The van der Waals surface area contributed by atoms with Crippen LogP contribution in [0.2, 0.25) is 10.0 Å². The van der Waals surface area contributed by atoms with E-state index >= 15 is 0 Å². The first-order chi connectivity index (χ1) is 15.0. The van der Waals surface area contributed by atoms with E-state index in [-0.39, 0.29) is 5.56 Å². The third-order valence-electron chi connectivity index (χ3n) is 5.88. The minimum atomic E-state index is -0.152. The first-order valence-electron chi connectivity index (χ1n) is 10.5. The molecular weight excluding hydrogens is 435 g/mol. The molecule has 0 bridgehead atoms. The van der Waals surface area contributed by atoms with Crippen LogP contribution in [0.5, 0.6) is 0 Å². The van der Waals surface area contributed by atoms with E-state index in [0.717, 1.165) is 56.0 Å². The molecule has 1 saturated heterocycles. The Bertz CT molecular complexity index is 1120. The Hall–Kier alpha value is -2.12. The topological polar surface area (TPSA) is 59.4 Å². The summed E-state index contributed by atoms with van der Waals surface area (Å²) in [4.78, 5) is 20.1. The van der Waals surface area contributed by atoms with Crippen molar-refractivity contribution in [1.82, 2.24) is 14.5 Å².